The monoisotopic (exact) mass is 330 g/mol. The molecule has 2 aromatic rings. The summed E-state index contributed by atoms with van der Waals surface area (Å²) in [5, 5.41) is 6.14. The molecule has 5 heteroatoms. The molecular formula is C18H22N2O2S. The summed E-state index contributed by atoms with van der Waals surface area (Å²) in [6.07, 6.45) is 3.53. The molecule has 1 N–H and O–H groups in total. The van der Waals surface area contributed by atoms with Gasteiger partial charge in [-0.05, 0) is 31.7 Å². The van der Waals surface area contributed by atoms with Crippen LogP contribution in [0.3, 0.4) is 0 Å². The SMILES string of the molecule is Cc1nc(-c2ccc(CCNC(=O)C[C@H]3CCCO3)cc2)cs1. The van der Waals surface area contributed by atoms with Crippen molar-refractivity contribution < 1.29 is 9.53 Å². The number of benzene rings is 1. The maximum absolute atomic E-state index is 11.8. The zero-order valence-corrected chi connectivity index (χ0v) is 14.2. The Balaban J connectivity index is 1.44. The molecule has 1 fully saturated rings. The van der Waals surface area contributed by atoms with Crippen LogP contribution in [0.2, 0.25) is 0 Å². The average Bonchev–Trinajstić information content (AvgIpc) is 3.20. The predicted molar refractivity (Wildman–Crippen MR) is 92.6 cm³/mol. The fraction of sp³-hybridized carbons (Fsp3) is 0.444. The second kappa shape index (κ2) is 7.70. The number of amides is 1. The Morgan fingerprint density at radius 1 is 1.39 bits per heavy atom. The Hall–Kier alpha value is -1.72. The minimum atomic E-state index is 0.0893. The van der Waals surface area contributed by atoms with Crippen molar-refractivity contribution in [1.29, 1.82) is 0 Å². The van der Waals surface area contributed by atoms with Gasteiger partial charge in [-0.25, -0.2) is 4.98 Å². The van der Waals surface area contributed by atoms with E-state index in [1.54, 1.807) is 11.3 Å². The van der Waals surface area contributed by atoms with Gasteiger partial charge in [-0.3, -0.25) is 4.79 Å². The summed E-state index contributed by atoms with van der Waals surface area (Å²) in [6, 6.07) is 8.41. The molecule has 1 aliphatic rings. The summed E-state index contributed by atoms with van der Waals surface area (Å²) in [4.78, 5) is 16.3. The van der Waals surface area contributed by atoms with Crippen molar-refractivity contribution in [2.24, 2.45) is 0 Å². The average molecular weight is 330 g/mol. The molecular weight excluding hydrogens is 308 g/mol. The van der Waals surface area contributed by atoms with Crippen molar-refractivity contribution in [2.75, 3.05) is 13.2 Å². The number of aryl methyl sites for hydroxylation is 1. The molecule has 1 saturated heterocycles. The molecule has 1 aromatic carbocycles. The van der Waals surface area contributed by atoms with Crippen LogP contribution in [0.4, 0.5) is 0 Å². The van der Waals surface area contributed by atoms with Gasteiger partial charge in [0.05, 0.1) is 23.2 Å². The first-order valence-electron chi connectivity index (χ1n) is 8.10. The van der Waals surface area contributed by atoms with Crippen LogP contribution in [-0.4, -0.2) is 30.1 Å². The number of carbonyl (C=O) groups excluding carboxylic acids is 1. The summed E-state index contributed by atoms with van der Waals surface area (Å²) in [7, 11) is 0. The van der Waals surface area contributed by atoms with Gasteiger partial charge in [-0.1, -0.05) is 24.3 Å². The van der Waals surface area contributed by atoms with Crippen molar-refractivity contribution in [1.82, 2.24) is 10.3 Å². The van der Waals surface area contributed by atoms with Crippen LogP contribution >= 0.6 is 11.3 Å². The van der Waals surface area contributed by atoms with E-state index in [-0.39, 0.29) is 12.0 Å². The van der Waals surface area contributed by atoms with Gasteiger partial charge >= 0.3 is 0 Å². The molecule has 122 valence electrons. The molecule has 23 heavy (non-hydrogen) atoms. The number of nitrogens with zero attached hydrogens (tertiary/aromatic N) is 1. The lowest BCUT2D eigenvalue weighted by molar-refractivity contribution is -0.123. The fourth-order valence-corrected chi connectivity index (χ4v) is 3.39. The van der Waals surface area contributed by atoms with Gasteiger partial charge in [0.2, 0.25) is 5.91 Å². The van der Waals surface area contributed by atoms with E-state index in [1.165, 1.54) is 5.56 Å². The Kier molecular flexibility index (Phi) is 5.41. The van der Waals surface area contributed by atoms with Crippen LogP contribution in [0, 0.1) is 6.92 Å². The summed E-state index contributed by atoms with van der Waals surface area (Å²) in [6.45, 7) is 3.48. The first kappa shape index (κ1) is 16.1. The van der Waals surface area contributed by atoms with E-state index in [0.29, 0.717) is 13.0 Å². The van der Waals surface area contributed by atoms with Crippen LogP contribution in [0.25, 0.3) is 11.3 Å². The van der Waals surface area contributed by atoms with Crippen molar-refractivity contribution in [2.45, 2.75) is 38.7 Å². The first-order valence-corrected chi connectivity index (χ1v) is 8.98. The van der Waals surface area contributed by atoms with Crippen LogP contribution < -0.4 is 5.32 Å². The van der Waals surface area contributed by atoms with Crippen LogP contribution in [0.15, 0.2) is 29.6 Å². The number of hydrogen-bond donors (Lipinski definition) is 1. The number of thiazole rings is 1. The molecule has 3 rings (SSSR count). The molecule has 1 amide bonds. The number of nitrogens with one attached hydrogen (secondary N) is 1. The third-order valence-corrected chi connectivity index (χ3v) is 4.82. The van der Waals surface area contributed by atoms with E-state index in [4.69, 9.17) is 4.74 Å². The van der Waals surface area contributed by atoms with Crippen molar-refractivity contribution in [3.8, 4) is 11.3 Å². The van der Waals surface area contributed by atoms with Crippen molar-refractivity contribution >= 4 is 17.2 Å². The second-order valence-corrected chi connectivity index (χ2v) is 6.95. The Morgan fingerprint density at radius 2 is 2.22 bits per heavy atom. The maximum atomic E-state index is 11.8. The van der Waals surface area contributed by atoms with Gasteiger partial charge in [-0.15, -0.1) is 11.3 Å². The molecule has 1 atom stereocenters. The van der Waals surface area contributed by atoms with Gasteiger partial charge in [0.15, 0.2) is 0 Å². The van der Waals surface area contributed by atoms with E-state index in [1.807, 2.05) is 6.92 Å². The van der Waals surface area contributed by atoms with Crippen LogP contribution in [-0.2, 0) is 16.0 Å². The van der Waals surface area contributed by atoms with Gasteiger partial charge in [0.25, 0.3) is 0 Å². The van der Waals surface area contributed by atoms with E-state index < -0.39 is 0 Å². The molecule has 0 aliphatic carbocycles. The van der Waals surface area contributed by atoms with Gasteiger partial charge in [-0.2, -0.15) is 0 Å². The fourth-order valence-electron chi connectivity index (χ4n) is 2.77. The zero-order valence-electron chi connectivity index (χ0n) is 13.4. The summed E-state index contributed by atoms with van der Waals surface area (Å²) in [5.41, 5.74) is 3.39. The number of hydrogen-bond acceptors (Lipinski definition) is 4. The lowest BCUT2D eigenvalue weighted by atomic mass is 10.1. The first-order chi connectivity index (χ1) is 11.2. The number of rotatable bonds is 6. The molecule has 0 bridgehead atoms. The van der Waals surface area contributed by atoms with Gasteiger partial charge in [0, 0.05) is 24.1 Å². The van der Waals surface area contributed by atoms with E-state index in [2.05, 4.69) is 39.9 Å². The quantitative estimate of drug-likeness (QED) is 0.884. The van der Waals surface area contributed by atoms with Gasteiger partial charge < -0.3 is 10.1 Å². The molecule has 1 aliphatic heterocycles. The Bertz CT molecular complexity index is 645. The molecule has 4 nitrogen and oxygen atoms in total. The Labute approximate surface area is 140 Å². The molecule has 0 radical (unpaired) electrons. The Morgan fingerprint density at radius 3 is 2.87 bits per heavy atom. The largest absolute Gasteiger partial charge is 0.378 e. The summed E-state index contributed by atoms with van der Waals surface area (Å²) in [5.74, 6) is 0.0893. The number of aromatic nitrogens is 1. The second-order valence-electron chi connectivity index (χ2n) is 5.89. The normalized spacial score (nSPS) is 17.3. The highest BCUT2D eigenvalue weighted by molar-refractivity contribution is 7.09. The van der Waals surface area contributed by atoms with E-state index >= 15 is 0 Å². The molecule has 0 spiro atoms. The number of carbonyl (C=O) groups is 1. The third kappa shape index (κ3) is 4.62. The minimum absolute atomic E-state index is 0.0893. The predicted octanol–water partition coefficient (Wildman–Crippen LogP) is 3.35. The zero-order chi connectivity index (χ0) is 16.1. The molecule has 0 unspecified atom stereocenters. The maximum Gasteiger partial charge on any atom is 0.222 e. The standard InChI is InChI=1S/C18H22N2O2S/c1-13-20-17(12-23-13)15-6-4-14(5-7-15)8-9-19-18(21)11-16-3-2-10-22-16/h4-7,12,16H,2-3,8-11H2,1H3,(H,19,21)/t16-/m1/s1. The minimum Gasteiger partial charge on any atom is -0.378 e. The third-order valence-electron chi connectivity index (χ3n) is 4.04. The van der Waals surface area contributed by atoms with Gasteiger partial charge in [0.1, 0.15) is 0 Å². The lowest BCUT2D eigenvalue weighted by Crippen LogP contribution is -2.28. The molecule has 2 heterocycles. The van der Waals surface area contributed by atoms with Crippen molar-refractivity contribution in [3.63, 3.8) is 0 Å². The van der Waals surface area contributed by atoms with E-state index in [0.717, 1.165) is 42.1 Å². The smallest absolute Gasteiger partial charge is 0.222 e. The highest BCUT2D eigenvalue weighted by Crippen LogP contribution is 2.21. The summed E-state index contributed by atoms with van der Waals surface area (Å²) < 4.78 is 5.48. The topological polar surface area (TPSA) is 51.2 Å². The molecule has 0 saturated carbocycles. The highest BCUT2D eigenvalue weighted by atomic mass is 32.1. The van der Waals surface area contributed by atoms with Crippen LogP contribution in [0.5, 0.6) is 0 Å². The van der Waals surface area contributed by atoms with Crippen LogP contribution in [0.1, 0.15) is 29.8 Å². The number of ether oxygens (including phenoxy) is 1. The lowest BCUT2D eigenvalue weighted by Gasteiger charge is -2.10. The van der Waals surface area contributed by atoms with Crippen molar-refractivity contribution in [3.05, 3.63) is 40.2 Å². The van der Waals surface area contributed by atoms with E-state index in [9.17, 15) is 4.79 Å². The highest BCUT2D eigenvalue weighted by Gasteiger charge is 2.18. The molecule has 1 aromatic heterocycles. The summed E-state index contributed by atoms with van der Waals surface area (Å²) >= 11 is 1.66.